The van der Waals surface area contributed by atoms with Crippen molar-refractivity contribution in [3.63, 3.8) is 0 Å². The molecule has 1 aromatic rings. The predicted molar refractivity (Wildman–Crippen MR) is 68.6 cm³/mol. The molecule has 0 bridgehead atoms. The van der Waals surface area contributed by atoms with Crippen LogP contribution in [0.2, 0.25) is 5.02 Å². The minimum atomic E-state index is -0.0387. The lowest BCUT2D eigenvalue weighted by atomic mass is 10.3. The normalized spacial score (nSPS) is 8.76. The number of hydrogen-bond acceptors (Lipinski definition) is 4. The standard InChI is InChI=1S/C11H7BrClN3O/c1-17-11-9(12)2-8(13)3-10(11)16-6-7(4-14)5-15/h2-3,6,16H,1H3. The van der Waals surface area contributed by atoms with E-state index in [1.165, 1.54) is 13.3 Å². The summed E-state index contributed by atoms with van der Waals surface area (Å²) in [6, 6.07) is 6.80. The van der Waals surface area contributed by atoms with Crippen molar-refractivity contribution in [3.05, 3.63) is 33.4 Å². The second-order valence-corrected chi connectivity index (χ2v) is 4.19. The van der Waals surface area contributed by atoms with E-state index in [0.717, 1.165) is 0 Å². The predicted octanol–water partition coefficient (Wildman–Crippen LogP) is 3.45. The van der Waals surface area contributed by atoms with E-state index in [4.69, 9.17) is 26.9 Å². The monoisotopic (exact) mass is 311 g/mol. The molecule has 0 unspecified atom stereocenters. The number of anilines is 1. The van der Waals surface area contributed by atoms with Crippen LogP contribution in [0, 0.1) is 22.7 Å². The molecule has 0 spiro atoms. The van der Waals surface area contributed by atoms with Crippen LogP contribution in [0.25, 0.3) is 0 Å². The molecule has 0 aliphatic rings. The third-order valence-electron chi connectivity index (χ3n) is 1.83. The fraction of sp³-hybridized carbons (Fsp3) is 0.0909. The van der Waals surface area contributed by atoms with Gasteiger partial charge in [-0.25, -0.2) is 0 Å². The Balaban J connectivity index is 3.12. The highest BCUT2D eigenvalue weighted by atomic mass is 79.9. The summed E-state index contributed by atoms with van der Waals surface area (Å²) in [6.07, 6.45) is 1.29. The summed E-state index contributed by atoms with van der Waals surface area (Å²) in [5.41, 5.74) is 0.526. The number of methoxy groups -OCH3 is 1. The Morgan fingerprint density at radius 3 is 2.65 bits per heavy atom. The maximum atomic E-state index is 8.59. The zero-order valence-corrected chi connectivity index (χ0v) is 11.1. The third kappa shape index (κ3) is 3.39. The molecule has 0 aliphatic heterocycles. The molecule has 17 heavy (non-hydrogen) atoms. The van der Waals surface area contributed by atoms with E-state index in [2.05, 4.69) is 21.2 Å². The second kappa shape index (κ2) is 6.15. The first kappa shape index (κ1) is 13.4. The molecule has 0 amide bonds. The maximum absolute atomic E-state index is 8.59. The zero-order chi connectivity index (χ0) is 12.8. The molecular weight excluding hydrogens is 305 g/mol. The van der Waals surface area contributed by atoms with Gasteiger partial charge in [-0.05, 0) is 28.1 Å². The summed E-state index contributed by atoms with van der Waals surface area (Å²) in [6.45, 7) is 0. The van der Waals surface area contributed by atoms with Gasteiger partial charge in [-0.15, -0.1) is 0 Å². The van der Waals surface area contributed by atoms with Gasteiger partial charge in [0.05, 0.1) is 17.3 Å². The summed E-state index contributed by atoms with van der Waals surface area (Å²) in [7, 11) is 1.51. The Bertz CT molecular complexity index is 527. The van der Waals surface area contributed by atoms with E-state index in [1.54, 1.807) is 24.3 Å². The van der Waals surface area contributed by atoms with Crippen molar-refractivity contribution in [2.75, 3.05) is 12.4 Å². The molecule has 0 aromatic heterocycles. The zero-order valence-electron chi connectivity index (χ0n) is 8.79. The van der Waals surface area contributed by atoms with Gasteiger partial charge in [0, 0.05) is 11.2 Å². The summed E-state index contributed by atoms with van der Waals surface area (Å²) < 4.78 is 5.85. The lowest BCUT2D eigenvalue weighted by Gasteiger charge is -2.10. The number of benzene rings is 1. The number of hydrogen-bond donors (Lipinski definition) is 1. The Hall–Kier alpha value is -1.69. The molecule has 1 N–H and O–H groups in total. The van der Waals surface area contributed by atoms with Crippen molar-refractivity contribution < 1.29 is 4.74 Å². The Morgan fingerprint density at radius 2 is 2.12 bits per heavy atom. The molecule has 0 aliphatic carbocycles. The van der Waals surface area contributed by atoms with Crippen LogP contribution in [-0.2, 0) is 0 Å². The first-order valence-electron chi connectivity index (χ1n) is 4.42. The molecule has 1 aromatic carbocycles. The van der Waals surface area contributed by atoms with Crippen LogP contribution in [0.3, 0.4) is 0 Å². The van der Waals surface area contributed by atoms with Crippen molar-refractivity contribution >= 4 is 33.2 Å². The molecule has 0 heterocycles. The number of nitrogens with zero attached hydrogens (tertiary/aromatic N) is 2. The number of rotatable bonds is 3. The van der Waals surface area contributed by atoms with Gasteiger partial charge in [-0.3, -0.25) is 0 Å². The first-order chi connectivity index (χ1) is 8.12. The van der Waals surface area contributed by atoms with Gasteiger partial charge in [0.15, 0.2) is 5.75 Å². The van der Waals surface area contributed by atoms with Crippen molar-refractivity contribution in [3.8, 4) is 17.9 Å². The Morgan fingerprint density at radius 1 is 1.47 bits per heavy atom. The van der Waals surface area contributed by atoms with Crippen molar-refractivity contribution in [2.45, 2.75) is 0 Å². The highest BCUT2D eigenvalue weighted by molar-refractivity contribution is 9.10. The van der Waals surface area contributed by atoms with Crippen LogP contribution >= 0.6 is 27.5 Å². The summed E-state index contributed by atoms with van der Waals surface area (Å²) in [5.74, 6) is 0.542. The van der Waals surface area contributed by atoms with E-state index in [0.29, 0.717) is 20.9 Å². The smallest absolute Gasteiger partial charge is 0.156 e. The average Bonchev–Trinajstić information content (AvgIpc) is 2.29. The van der Waals surface area contributed by atoms with Gasteiger partial charge in [-0.2, -0.15) is 10.5 Å². The SMILES string of the molecule is COc1c(Br)cc(Cl)cc1NC=C(C#N)C#N. The molecule has 1 rings (SSSR count). The van der Waals surface area contributed by atoms with E-state index < -0.39 is 0 Å². The fourth-order valence-electron chi connectivity index (χ4n) is 1.11. The van der Waals surface area contributed by atoms with Crippen molar-refractivity contribution in [1.82, 2.24) is 0 Å². The van der Waals surface area contributed by atoms with E-state index in [-0.39, 0.29) is 5.57 Å². The van der Waals surface area contributed by atoms with Crippen LogP contribution in [0.15, 0.2) is 28.4 Å². The molecule has 0 radical (unpaired) electrons. The van der Waals surface area contributed by atoms with Gasteiger partial charge in [0.1, 0.15) is 17.7 Å². The number of ether oxygens (including phenoxy) is 1. The van der Waals surface area contributed by atoms with Gasteiger partial charge in [0.25, 0.3) is 0 Å². The highest BCUT2D eigenvalue weighted by Gasteiger charge is 2.08. The number of nitriles is 2. The van der Waals surface area contributed by atoms with Crippen LogP contribution in [0.4, 0.5) is 5.69 Å². The van der Waals surface area contributed by atoms with Crippen molar-refractivity contribution in [1.29, 1.82) is 10.5 Å². The molecular formula is C11H7BrClN3O. The third-order valence-corrected chi connectivity index (χ3v) is 2.63. The largest absolute Gasteiger partial charge is 0.493 e. The molecule has 6 heteroatoms. The second-order valence-electron chi connectivity index (χ2n) is 2.89. The molecule has 0 saturated carbocycles. The Kier molecular flexibility index (Phi) is 4.84. The number of nitrogens with one attached hydrogen (secondary N) is 1. The van der Waals surface area contributed by atoms with E-state index >= 15 is 0 Å². The van der Waals surface area contributed by atoms with Crippen LogP contribution in [-0.4, -0.2) is 7.11 Å². The molecule has 0 fully saturated rings. The topological polar surface area (TPSA) is 68.8 Å². The lowest BCUT2D eigenvalue weighted by Crippen LogP contribution is -1.95. The average molecular weight is 313 g/mol. The van der Waals surface area contributed by atoms with E-state index in [9.17, 15) is 0 Å². The molecule has 0 atom stereocenters. The molecule has 0 saturated heterocycles. The quantitative estimate of drug-likeness (QED) is 0.868. The van der Waals surface area contributed by atoms with Gasteiger partial charge in [0.2, 0.25) is 0 Å². The van der Waals surface area contributed by atoms with Crippen molar-refractivity contribution in [2.24, 2.45) is 0 Å². The van der Waals surface area contributed by atoms with Gasteiger partial charge in [-0.1, -0.05) is 11.6 Å². The maximum Gasteiger partial charge on any atom is 0.156 e. The molecule has 4 nitrogen and oxygen atoms in total. The minimum Gasteiger partial charge on any atom is -0.493 e. The number of halogens is 2. The first-order valence-corrected chi connectivity index (χ1v) is 5.59. The van der Waals surface area contributed by atoms with E-state index in [1.807, 2.05) is 0 Å². The summed E-state index contributed by atoms with van der Waals surface area (Å²) in [5, 5.41) is 20.5. The number of allylic oxidation sites excluding steroid dienone is 1. The minimum absolute atomic E-state index is 0.0387. The molecule has 86 valence electrons. The lowest BCUT2D eigenvalue weighted by molar-refractivity contribution is 0.414. The fourth-order valence-corrected chi connectivity index (χ4v) is 2.09. The van der Waals surface area contributed by atoms with Crippen LogP contribution in [0.5, 0.6) is 5.75 Å². The summed E-state index contributed by atoms with van der Waals surface area (Å²) >= 11 is 9.19. The van der Waals surface area contributed by atoms with Crippen LogP contribution < -0.4 is 10.1 Å². The Labute approximate surface area is 112 Å². The van der Waals surface area contributed by atoms with Gasteiger partial charge < -0.3 is 10.1 Å². The highest BCUT2D eigenvalue weighted by Crippen LogP contribution is 2.36. The van der Waals surface area contributed by atoms with Crippen LogP contribution in [0.1, 0.15) is 0 Å². The van der Waals surface area contributed by atoms with Gasteiger partial charge >= 0.3 is 0 Å². The summed E-state index contributed by atoms with van der Waals surface area (Å²) in [4.78, 5) is 0.